The minimum atomic E-state index is -0.956. The summed E-state index contributed by atoms with van der Waals surface area (Å²) in [6.07, 6.45) is 2.88. The Hall–Kier alpha value is -3.23. The van der Waals surface area contributed by atoms with Crippen molar-refractivity contribution in [2.75, 3.05) is 6.61 Å². The molecular weight excluding hydrogens is 366 g/mol. The van der Waals surface area contributed by atoms with Crippen LogP contribution in [0.2, 0.25) is 0 Å². The molecule has 28 heavy (non-hydrogen) atoms. The first-order valence-electron chi connectivity index (χ1n) is 8.88. The number of nitro groups is 1. The van der Waals surface area contributed by atoms with Gasteiger partial charge in [-0.2, -0.15) is 0 Å². The fourth-order valence-corrected chi connectivity index (χ4v) is 2.91. The minimum absolute atomic E-state index is 0.0524. The quantitative estimate of drug-likeness (QED) is 0.214. The van der Waals surface area contributed by atoms with Gasteiger partial charge in [-0.25, -0.2) is 4.79 Å². The predicted octanol–water partition coefficient (Wildman–Crippen LogP) is 2.56. The highest BCUT2D eigenvalue weighted by Crippen LogP contribution is 2.20. The summed E-state index contributed by atoms with van der Waals surface area (Å²) in [5.74, 6) is -1.86. The van der Waals surface area contributed by atoms with Crippen LogP contribution in [0, 0.1) is 16.0 Å². The summed E-state index contributed by atoms with van der Waals surface area (Å²) in [5.41, 5.74) is 0.739. The molecule has 2 rings (SSSR count). The standard InChI is InChI=1S/C19H23N3O6/c1-5-28-19(25)18(24)16-6-13(10-20(16)4)7-17(23)15-8-14(22(26)27)11-21(15)9-12(2)3/h6,8,10-12H,5,7,9H2,1-4H3. The van der Waals surface area contributed by atoms with E-state index in [9.17, 15) is 24.5 Å². The van der Waals surface area contributed by atoms with Gasteiger partial charge in [-0.05, 0) is 24.5 Å². The molecule has 0 radical (unpaired) electrons. The maximum Gasteiger partial charge on any atom is 0.381 e. The Morgan fingerprint density at radius 3 is 2.43 bits per heavy atom. The Bertz CT molecular complexity index is 922. The molecule has 0 saturated carbocycles. The Kier molecular flexibility index (Phi) is 6.50. The molecule has 2 aromatic rings. The number of ether oxygens (including phenoxy) is 1. The van der Waals surface area contributed by atoms with Crippen LogP contribution < -0.4 is 0 Å². The first-order chi connectivity index (χ1) is 13.1. The van der Waals surface area contributed by atoms with E-state index < -0.39 is 16.7 Å². The molecule has 0 bridgehead atoms. The van der Waals surface area contributed by atoms with E-state index in [0.29, 0.717) is 12.1 Å². The van der Waals surface area contributed by atoms with E-state index >= 15 is 0 Å². The molecule has 9 heteroatoms. The van der Waals surface area contributed by atoms with E-state index in [4.69, 9.17) is 4.74 Å². The first kappa shape index (κ1) is 21.1. The van der Waals surface area contributed by atoms with Gasteiger partial charge in [0.15, 0.2) is 5.78 Å². The van der Waals surface area contributed by atoms with E-state index in [2.05, 4.69) is 0 Å². The van der Waals surface area contributed by atoms with Gasteiger partial charge < -0.3 is 13.9 Å². The normalized spacial score (nSPS) is 10.9. The van der Waals surface area contributed by atoms with Crippen LogP contribution in [0.15, 0.2) is 24.5 Å². The molecule has 0 amide bonds. The number of rotatable bonds is 9. The van der Waals surface area contributed by atoms with E-state index in [-0.39, 0.29) is 41.8 Å². The number of carbonyl (C=O) groups excluding carboxylic acids is 3. The molecule has 2 aromatic heterocycles. The zero-order valence-corrected chi connectivity index (χ0v) is 16.3. The molecule has 0 aliphatic heterocycles. The minimum Gasteiger partial charge on any atom is -0.460 e. The fourth-order valence-electron chi connectivity index (χ4n) is 2.91. The van der Waals surface area contributed by atoms with Crippen LogP contribution in [-0.2, 0) is 29.5 Å². The number of aromatic nitrogens is 2. The van der Waals surface area contributed by atoms with Gasteiger partial charge in [-0.15, -0.1) is 0 Å². The van der Waals surface area contributed by atoms with Crippen LogP contribution in [0.3, 0.4) is 0 Å². The maximum absolute atomic E-state index is 12.7. The molecule has 0 aromatic carbocycles. The van der Waals surface area contributed by atoms with Crippen LogP contribution in [0.25, 0.3) is 0 Å². The van der Waals surface area contributed by atoms with Crippen LogP contribution >= 0.6 is 0 Å². The van der Waals surface area contributed by atoms with Crippen LogP contribution in [0.5, 0.6) is 0 Å². The fraction of sp³-hybridized carbons (Fsp3) is 0.421. The number of hydrogen-bond donors (Lipinski definition) is 0. The van der Waals surface area contributed by atoms with Crippen molar-refractivity contribution in [1.82, 2.24) is 9.13 Å². The van der Waals surface area contributed by atoms with Crippen LogP contribution in [-0.4, -0.2) is 38.2 Å². The largest absolute Gasteiger partial charge is 0.460 e. The zero-order valence-electron chi connectivity index (χ0n) is 16.3. The molecule has 0 aliphatic carbocycles. The molecule has 0 unspecified atom stereocenters. The Morgan fingerprint density at radius 1 is 1.18 bits per heavy atom. The summed E-state index contributed by atoms with van der Waals surface area (Å²) < 4.78 is 7.75. The topological polar surface area (TPSA) is 113 Å². The van der Waals surface area contributed by atoms with Gasteiger partial charge >= 0.3 is 5.97 Å². The molecule has 0 saturated heterocycles. The summed E-state index contributed by atoms with van der Waals surface area (Å²) in [7, 11) is 1.59. The second-order valence-corrected chi connectivity index (χ2v) is 6.88. The smallest absolute Gasteiger partial charge is 0.381 e. The van der Waals surface area contributed by atoms with Crippen LogP contribution in [0.4, 0.5) is 5.69 Å². The third-order valence-electron chi connectivity index (χ3n) is 4.06. The Morgan fingerprint density at radius 2 is 1.86 bits per heavy atom. The summed E-state index contributed by atoms with van der Waals surface area (Å²) in [4.78, 5) is 47.0. The molecule has 9 nitrogen and oxygen atoms in total. The average Bonchev–Trinajstić information content (AvgIpc) is 3.17. The van der Waals surface area contributed by atoms with Crippen molar-refractivity contribution >= 4 is 23.2 Å². The lowest BCUT2D eigenvalue weighted by Gasteiger charge is -2.09. The van der Waals surface area contributed by atoms with Crippen molar-refractivity contribution in [3.8, 4) is 0 Å². The first-order valence-corrected chi connectivity index (χ1v) is 8.88. The lowest BCUT2D eigenvalue weighted by Crippen LogP contribution is -2.19. The average molecular weight is 389 g/mol. The highest BCUT2D eigenvalue weighted by molar-refractivity contribution is 6.40. The third-order valence-corrected chi connectivity index (χ3v) is 4.06. The summed E-state index contributed by atoms with van der Waals surface area (Å²) in [6, 6.07) is 2.72. The molecule has 0 atom stereocenters. The van der Waals surface area contributed by atoms with Gasteiger partial charge in [-0.1, -0.05) is 13.8 Å². The Balaban J connectivity index is 2.26. The van der Waals surface area contributed by atoms with Crippen molar-refractivity contribution < 1.29 is 24.0 Å². The highest BCUT2D eigenvalue weighted by Gasteiger charge is 2.24. The molecule has 2 heterocycles. The van der Waals surface area contributed by atoms with Gasteiger partial charge in [0.25, 0.3) is 11.5 Å². The van der Waals surface area contributed by atoms with Crippen molar-refractivity contribution in [2.45, 2.75) is 33.7 Å². The van der Waals surface area contributed by atoms with E-state index in [1.54, 1.807) is 24.7 Å². The molecule has 0 aliphatic rings. The van der Waals surface area contributed by atoms with Crippen molar-refractivity contribution in [2.24, 2.45) is 13.0 Å². The maximum atomic E-state index is 12.7. The summed E-state index contributed by atoms with van der Waals surface area (Å²) in [5, 5.41) is 11.1. The van der Waals surface area contributed by atoms with Crippen molar-refractivity contribution in [1.29, 1.82) is 0 Å². The number of Topliss-reactive ketones (excluding diaryl/α,β-unsaturated/α-hetero) is 2. The number of aryl methyl sites for hydroxylation is 1. The van der Waals surface area contributed by atoms with Crippen molar-refractivity contribution in [3.63, 3.8) is 0 Å². The predicted molar refractivity (Wildman–Crippen MR) is 100 cm³/mol. The van der Waals surface area contributed by atoms with Gasteiger partial charge in [0.2, 0.25) is 0 Å². The molecule has 0 spiro atoms. The Labute approximate surface area is 162 Å². The third kappa shape index (κ3) is 4.73. The van der Waals surface area contributed by atoms with Gasteiger partial charge in [0.05, 0.1) is 29.1 Å². The monoisotopic (exact) mass is 389 g/mol. The summed E-state index contributed by atoms with van der Waals surface area (Å²) >= 11 is 0. The number of nitrogens with zero attached hydrogens (tertiary/aromatic N) is 3. The van der Waals surface area contributed by atoms with Gasteiger partial charge in [-0.3, -0.25) is 19.7 Å². The van der Waals surface area contributed by atoms with E-state index in [0.717, 1.165) is 0 Å². The number of ketones is 2. The second-order valence-electron chi connectivity index (χ2n) is 6.88. The molecule has 0 fully saturated rings. The second kappa shape index (κ2) is 8.64. The lowest BCUT2D eigenvalue weighted by atomic mass is 10.1. The highest BCUT2D eigenvalue weighted by atomic mass is 16.6. The van der Waals surface area contributed by atoms with Gasteiger partial charge in [0.1, 0.15) is 0 Å². The van der Waals surface area contributed by atoms with E-state index in [1.807, 2.05) is 13.8 Å². The van der Waals surface area contributed by atoms with Crippen molar-refractivity contribution in [3.05, 3.63) is 51.6 Å². The lowest BCUT2D eigenvalue weighted by molar-refractivity contribution is -0.384. The number of esters is 1. The van der Waals surface area contributed by atoms with E-state index in [1.165, 1.54) is 22.9 Å². The van der Waals surface area contributed by atoms with Crippen LogP contribution in [0.1, 0.15) is 47.3 Å². The SMILES string of the molecule is CCOC(=O)C(=O)c1cc(CC(=O)c2cc([N+](=O)[O-])cn2CC(C)C)cn1C. The number of carbonyl (C=O) groups is 3. The number of hydrogen-bond acceptors (Lipinski definition) is 6. The molecular formula is C19H23N3O6. The zero-order chi connectivity index (χ0) is 21.0. The molecule has 0 N–H and O–H groups in total. The molecule has 150 valence electrons. The van der Waals surface area contributed by atoms with Gasteiger partial charge in [0, 0.05) is 32.3 Å². The summed E-state index contributed by atoms with van der Waals surface area (Å²) in [6.45, 7) is 6.06.